The van der Waals surface area contributed by atoms with Crippen LogP contribution in [0.1, 0.15) is 5.56 Å². The number of likely N-dealkylation sites (tertiary alicyclic amines) is 1. The molecule has 0 unspecified atom stereocenters. The molecule has 3 heterocycles. The van der Waals surface area contributed by atoms with Crippen molar-refractivity contribution in [3.63, 3.8) is 0 Å². The molecule has 0 radical (unpaired) electrons. The minimum Gasteiger partial charge on any atom is -0.497 e. The van der Waals surface area contributed by atoms with Gasteiger partial charge in [-0.1, -0.05) is 24.3 Å². The average molecular weight is 429 g/mol. The van der Waals surface area contributed by atoms with E-state index in [0.29, 0.717) is 6.54 Å². The molecule has 9 nitrogen and oxygen atoms in total. The molecule has 0 aromatic heterocycles. The lowest BCUT2D eigenvalue weighted by Gasteiger charge is -2.32. The molecule has 9 heteroatoms. The van der Waals surface area contributed by atoms with Gasteiger partial charge in [-0.05, 0) is 17.7 Å². The Labute approximate surface area is 180 Å². The van der Waals surface area contributed by atoms with Crippen LogP contribution in [0.5, 0.6) is 5.75 Å². The maximum atomic E-state index is 13.4. The van der Waals surface area contributed by atoms with Gasteiger partial charge in [0.1, 0.15) is 17.4 Å². The number of methoxy groups -OCH3 is 2. The van der Waals surface area contributed by atoms with E-state index in [-0.39, 0.29) is 30.9 Å². The van der Waals surface area contributed by atoms with Crippen molar-refractivity contribution < 1.29 is 28.6 Å². The molecule has 3 aliphatic heterocycles. The Morgan fingerprint density at radius 3 is 2.58 bits per heavy atom. The first-order valence-corrected chi connectivity index (χ1v) is 10.3. The molecule has 1 aromatic rings. The SMILES string of the molecule is CNC(=O)[C@H]1[C@H]2C(=O)N(CCOC)[C@H](C(=O)NCc3ccc(OC)cc3)[C@@]23C=C[C@H]1O3. The summed E-state index contributed by atoms with van der Waals surface area (Å²) in [7, 11) is 4.66. The van der Waals surface area contributed by atoms with Crippen LogP contribution < -0.4 is 15.4 Å². The van der Waals surface area contributed by atoms with Crippen LogP contribution in [0.25, 0.3) is 0 Å². The summed E-state index contributed by atoms with van der Waals surface area (Å²) in [5.41, 5.74) is -0.261. The fraction of sp³-hybridized carbons (Fsp3) is 0.500. The summed E-state index contributed by atoms with van der Waals surface area (Å²) in [6, 6.07) is 6.48. The Morgan fingerprint density at radius 1 is 1.19 bits per heavy atom. The molecule has 5 atom stereocenters. The number of benzene rings is 1. The number of carbonyl (C=O) groups is 3. The van der Waals surface area contributed by atoms with Crippen molar-refractivity contribution in [2.45, 2.75) is 24.3 Å². The van der Waals surface area contributed by atoms with Crippen LogP contribution in [0.2, 0.25) is 0 Å². The van der Waals surface area contributed by atoms with E-state index in [1.165, 1.54) is 19.1 Å². The molecule has 2 saturated heterocycles. The van der Waals surface area contributed by atoms with Crippen molar-refractivity contribution in [1.82, 2.24) is 15.5 Å². The predicted octanol–water partition coefficient (Wildman–Crippen LogP) is -0.146. The van der Waals surface area contributed by atoms with E-state index in [2.05, 4.69) is 10.6 Å². The van der Waals surface area contributed by atoms with E-state index < -0.39 is 29.6 Å². The summed E-state index contributed by atoms with van der Waals surface area (Å²) in [6.07, 6.45) is 3.05. The van der Waals surface area contributed by atoms with Gasteiger partial charge in [0.2, 0.25) is 17.7 Å². The first-order chi connectivity index (χ1) is 15.0. The number of nitrogens with one attached hydrogen (secondary N) is 2. The molecule has 4 rings (SSSR count). The molecule has 2 fully saturated rings. The fourth-order valence-corrected chi connectivity index (χ4v) is 4.89. The Bertz CT molecular complexity index is 901. The van der Waals surface area contributed by atoms with Gasteiger partial charge in [-0.15, -0.1) is 0 Å². The minimum atomic E-state index is -1.16. The predicted molar refractivity (Wildman–Crippen MR) is 110 cm³/mol. The maximum Gasteiger partial charge on any atom is 0.246 e. The minimum absolute atomic E-state index is 0.233. The van der Waals surface area contributed by atoms with Crippen molar-refractivity contribution >= 4 is 17.7 Å². The monoisotopic (exact) mass is 429 g/mol. The Kier molecular flexibility index (Phi) is 5.72. The van der Waals surface area contributed by atoms with E-state index in [1.54, 1.807) is 19.3 Å². The molecule has 0 saturated carbocycles. The normalized spacial score (nSPS) is 30.4. The molecule has 0 aliphatic carbocycles. The first-order valence-electron chi connectivity index (χ1n) is 10.3. The Hall–Kier alpha value is -2.91. The zero-order chi connectivity index (χ0) is 22.2. The van der Waals surface area contributed by atoms with Crippen molar-refractivity contribution in [1.29, 1.82) is 0 Å². The van der Waals surface area contributed by atoms with E-state index in [1.807, 2.05) is 24.3 Å². The number of amides is 3. The lowest BCUT2D eigenvalue weighted by Crippen LogP contribution is -2.55. The molecule has 1 spiro atoms. The third-order valence-corrected chi connectivity index (χ3v) is 6.33. The van der Waals surface area contributed by atoms with Gasteiger partial charge in [0.25, 0.3) is 0 Å². The van der Waals surface area contributed by atoms with E-state index >= 15 is 0 Å². The molecule has 3 amide bonds. The molecule has 2 N–H and O–H groups in total. The molecule has 166 valence electrons. The second-order valence-corrected chi connectivity index (χ2v) is 7.91. The van der Waals surface area contributed by atoms with Crippen LogP contribution in [0, 0.1) is 11.8 Å². The average Bonchev–Trinajstić information content (AvgIpc) is 3.43. The van der Waals surface area contributed by atoms with E-state index in [4.69, 9.17) is 14.2 Å². The molecule has 31 heavy (non-hydrogen) atoms. The van der Waals surface area contributed by atoms with Gasteiger partial charge in [-0.25, -0.2) is 0 Å². The number of ether oxygens (including phenoxy) is 3. The van der Waals surface area contributed by atoms with E-state index in [9.17, 15) is 14.4 Å². The van der Waals surface area contributed by atoms with Crippen LogP contribution in [0.3, 0.4) is 0 Å². The van der Waals surface area contributed by atoms with Crippen LogP contribution >= 0.6 is 0 Å². The summed E-state index contributed by atoms with van der Waals surface area (Å²) >= 11 is 0. The zero-order valence-corrected chi connectivity index (χ0v) is 17.8. The number of fused-ring (bicyclic) bond motifs is 1. The van der Waals surface area contributed by atoms with Gasteiger partial charge < -0.3 is 29.7 Å². The second-order valence-electron chi connectivity index (χ2n) is 7.91. The summed E-state index contributed by atoms with van der Waals surface area (Å²) < 4.78 is 16.5. The van der Waals surface area contributed by atoms with Gasteiger partial charge in [0, 0.05) is 27.2 Å². The Morgan fingerprint density at radius 2 is 1.94 bits per heavy atom. The number of carbonyl (C=O) groups excluding carboxylic acids is 3. The fourth-order valence-electron chi connectivity index (χ4n) is 4.89. The van der Waals surface area contributed by atoms with Gasteiger partial charge in [0.15, 0.2) is 0 Å². The first kappa shape index (κ1) is 21.3. The number of rotatable bonds is 8. The lowest BCUT2D eigenvalue weighted by molar-refractivity contribution is -0.142. The lowest BCUT2D eigenvalue weighted by atomic mass is 9.74. The van der Waals surface area contributed by atoms with Crippen molar-refractivity contribution in [3.05, 3.63) is 42.0 Å². The summed E-state index contributed by atoms with van der Waals surface area (Å²) in [5, 5.41) is 5.55. The quantitative estimate of drug-likeness (QED) is 0.557. The zero-order valence-electron chi connectivity index (χ0n) is 17.8. The van der Waals surface area contributed by atoms with Gasteiger partial charge >= 0.3 is 0 Å². The van der Waals surface area contributed by atoms with Gasteiger partial charge in [0.05, 0.1) is 31.7 Å². The highest BCUT2D eigenvalue weighted by Crippen LogP contribution is 2.54. The largest absolute Gasteiger partial charge is 0.497 e. The number of hydrogen-bond donors (Lipinski definition) is 2. The van der Waals surface area contributed by atoms with Crippen LogP contribution in [-0.4, -0.2) is 74.8 Å². The highest BCUT2D eigenvalue weighted by molar-refractivity contribution is 5.99. The number of nitrogens with zero attached hydrogens (tertiary/aromatic N) is 1. The molecular formula is C22H27N3O6. The summed E-state index contributed by atoms with van der Waals surface area (Å²) in [6.45, 7) is 0.795. The third kappa shape index (κ3) is 3.37. The third-order valence-electron chi connectivity index (χ3n) is 6.33. The second kappa shape index (κ2) is 8.32. The highest BCUT2D eigenvalue weighted by atomic mass is 16.5. The van der Waals surface area contributed by atoms with Gasteiger partial charge in [-0.2, -0.15) is 0 Å². The molecular weight excluding hydrogens is 402 g/mol. The van der Waals surface area contributed by atoms with Crippen LogP contribution in [-0.2, 0) is 30.4 Å². The summed E-state index contributed by atoms with van der Waals surface area (Å²) in [4.78, 5) is 40.7. The van der Waals surface area contributed by atoms with Crippen molar-refractivity contribution in [3.8, 4) is 5.75 Å². The maximum absolute atomic E-state index is 13.4. The Balaban J connectivity index is 1.59. The number of hydrogen-bond acceptors (Lipinski definition) is 6. The van der Waals surface area contributed by atoms with Gasteiger partial charge in [-0.3, -0.25) is 14.4 Å². The molecule has 3 aliphatic rings. The van der Waals surface area contributed by atoms with E-state index in [0.717, 1.165) is 11.3 Å². The smallest absolute Gasteiger partial charge is 0.246 e. The van der Waals surface area contributed by atoms with Crippen LogP contribution in [0.15, 0.2) is 36.4 Å². The highest BCUT2D eigenvalue weighted by Gasteiger charge is 2.72. The molecule has 1 aromatic carbocycles. The van der Waals surface area contributed by atoms with Crippen LogP contribution in [0.4, 0.5) is 0 Å². The van der Waals surface area contributed by atoms with Crippen molar-refractivity contribution in [2.75, 3.05) is 34.4 Å². The molecule has 2 bridgehead atoms. The topological polar surface area (TPSA) is 106 Å². The van der Waals surface area contributed by atoms with Crippen molar-refractivity contribution in [2.24, 2.45) is 11.8 Å². The summed E-state index contributed by atoms with van der Waals surface area (Å²) in [5.74, 6) is -1.53. The standard InChI is InChI=1S/C22H27N3O6/c1-23-19(26)16-15-8-9-22(31-15)17(16)21(28)25(10-11-29-2)18(22)20(27)24-12-13-4-6-14(30-3)7-5-13/h4-9,15-18H,10-12H2,1-3H3,(H,23,26)(H,24,27)/t15-,16-,17+,18-,22-/m1/s1.